The Balaban J connectivity index is 1.56. The number of carbonyl (C=O) groups excluding carboxylic acids is 13. The average molecular weight is 1350 g/mol. The first-order chi connectivity index (χ1) is 45.2. The number of primary amides is 3. The monoisotopic (exact) mass is 1350 g/mol. The first-order valence-electron chi connectivity index (χ1n) is 32.2. The summed E-state index contributed by atoms with van der Waals surface area (Å²) < 4.78 is 0. The van der Waals surface area contributed by atoms with Gasteiger partial charge in [0.05, 0.1) is 12.6 Å². The highest BCUT2D eigenvalue weighted by atomic mass is 32.2. The van der Waals surface area contributed by atoms with Gasteiger partial charge in [-0.1, -0.05) is 74.5 Å². The third kappa shape index (κ3) is 27.5. The Kier molecular flexibility index (Phi) is 33.9. The van der Waals surface area contributed by atoms with E-state index in [1.54, 1.807) is 60.7 Å². The van der Waals surface area contributed by atoms with Crippen LogP contribution in [0.2, 0.25) is 0 Å². The number of unbranched alkanes of at least 4 members (excludes halogenated alkanes) is 1. The summed E-state index contributed by atoms with van der Waals surface area (Å²) in [6, 6.07) is 4.51. The van der Waals surface area contributed by atoms with Crippen LogP contribution in [0.15, 0.2) is 65.7 Å². The summed E-state index contributed by atoms with van der Waals surface area (Å²) in [7, 11) is 0. The molecule has 0 unspecified atom stereocenters. The van der Waals surface area contributed by atoms with Crippen molar-refractivity contribution in [3.05, 3.63) is 71.8 Å². The highest BCUT2D eigenvalue weighted by molar-refractivity contribution is 7.98. The van der Waals surface area contributed by atoms with Crippen LogP contribution in [0.1, 0.15) is 121 Å². The third-order valence-electron chi connectivity index (χ3n) is 16.0. The summed E-state index contributed by atoms with van der Waals surface area (Å²) in [4.78, 5) is 185. The topological polar surface area (TPSA) is 519 Å². The van der Waals surface area contributed by atoms with Gasteiger partial charge in [-0.15, -0.1) is 0 Å². The predicted octanol–water partition coefficient (Wildman–Crippen LogP) is -3.71. The third-order valence-corrected chi connectivity index (χ3v) is 16.7. The van der Waals surface area contributed by atoms with Gasteiger partial charge in [0, 0.05) is 45.3 Å². The van der Waals surface area contributed by atoms with E-state index in [2.05, 4.69) is 47.5 Å². The molecule has 4 rings (SSSR count). The predicted molar refractivity (Wildman–Crippen MR) is 356 cm³/mol. The van der Waals surface area contributed by atoms with Crippen molar-refractivity contribution in [3.63, 3.8) is 0 Å². The highest BCUT2D eigenvalue weighted by Crippen LogP contribution is 2.24. The summed E-state index contributed by atoms with van der Waals surface area (Å²) in [6.07, 6.45) is 3.12. The standard InChI is InChI=1S/C63H98N18O13S/c1-37(2)33-45(57(89)74-41(53(68)85)27-32-95-3)73-52(84)36-72-54(86)46(34-38-15-6-4-7-16-38)78-58(90)47(35-39-17-8-5-9-18-39)79-56(88)42(23-25-50(66)82)75-55(87)43(24-26-51(67)83)76-59(91)49-22-14-31-81(49)62(94)44(20-10-11-28-64)77-60(92)48-21-13-30-80(48)61(93)40(65)19-12-29-71-63(69)70/h4-9,15-18,37,40-49H,10-14,19-36,64-65H2,1-3H3,(H2,66,82)(H2,67,83)(H2,68,85)(H,72,86)(H,73,84)(H,74,89)(H,75,87)(H,76,91)(H,77,92)(H,78,90)(H,79,88)(H4,69,70,71)/t40-,41-,42-,43-,44-,45-,46-,47-,48+,49+/m0/s1. The van der Waals surface area contributed by atoms with E-state index in [1.807, 2.05) is 20.1 Å². The number of hydrogen-bond donors (Lipinski definition) is 15. The van der Waals surface area contributed by atoms with Crippen LogP contribution in [0, 0.1) is 5.92 Å². The maximum absolute atomic E-state index is 14.7. The van der Waals surface area contributed by atoms with Gasteiger partial charge in [-0.3, -0.25) is 67.3 Å². The van der Waals surface area contributed by atoms with Gasteiger partial charge < -0.3 is 92.5 Å². The van der Waals surface area contributed by atoms with Crippen LogP contribution in [-0.4, -0.2) is 198 Å². The molecule has 2 aromatic rings. The Morgan fingerprint density at radius 2 is 1.01 bits per heavy atom. The Hall–Kier alpha value is -8.91. The minimum atomic E-state index is -1.64. The highest BCUT2D eigenvalue weighted by Gasteiger charge is 2.42. The van der Waals surface area contributed by atoms with Gasteiger partial charge in [0.25, 0.3) is 0 Å². The van der Waals surface area contributed by atoms with Crippen molar-refractivity contribution in [1.29, 1.82) is 0 Å². The van der Waals surface area contributed by atoms with E-state index < -0.39 is 169 Å². The molecule has 0 aliphatic carbocycles. The molecule has 0 bridgehead atoms. The number of rotatable bonds is 42. The van der Waals surface area contributed by atoms with Crippen LogP contribution in [-0.2, 0) is 75.2 Å². The normalized spacial score (nSPS) is 16.8. The van der Waals surface area contributed by atoms with Crippen LogP contribution in [0.5, 0.6) is 0 Å². The fourth-order valence-corrected chi connectivity index (χ4v) is 11.5. The van der Waals surface area contributed by atoms with Crippen LogP contribution in [0.4, 0.5) is 0 Å². The lowest BCUT2D eigenvalue weighted by atomic mass is 10.0. The molecule has 2 fully saturated rings. The van der Waals surface area contributed by atoms with Gasteiger partial charge in [-0.25, -0.2) is 0 Å². The molecule has 0 aromatic heterocycles. The number of hydrogen-bond acceptors (Lipinski definition) is 17. The fourth-order valence-electron chi connectivity index (χ4n) is 11.0. The lowest BCUT2D eigenvalue weighted by Crippen LogP contribution is -2.60. The number of carbonyl (C=O) groups is 13. The molecule has 2 aliphatic rings. The van der Waals surface area contributed by atoms with Gasteiger partial charge in [0.15, 0.2) is 5.96 Å². The van der Waals surface area contributed by atoms with Crippen molar-refractivity contribution < 1.29 is 62.3 Å². The first kappa shape index (κ1) is 78.5. The number of nitrogens with zero attached hydrogens (tertiary/aromatic N) is 3. The van der Waals surface area contributed by atoms with E-state index in [4.69, 9.17) is 40.1 Å². The minimum absolute atomic E-state index is 0.0736. The van der Waals surface area contributed by atoms with Gasteiger partial charge >= 0.3 is 0 Å². The van der Waals surface area contributed by atoms with Crippen molar-refractivity contribution >= 4 is 94.5 Å². The smallest absolute Gasteiger partial charge is 0.245 e. The molecule has 22 N–H and O–H groups in total. The Bertz CT molecular complexity index is 2960. The average Bonchev–Trinajstić information content (AvgIpc) is 1.74. The van der Waals surface area contributed by atoms with Gasteiger partial charge in [0.1, 0.15) is 54.4 Å². The fraction of sp³-hybridized carbons (Fsp3) is 0.587. The summed E-state index contributed by atoms with van der Waals surface area (Å²) in [5.41, 5.74) is 40.6. The zero-order chi connectivity index (χ0) is 70.1. The number of amides is 13. The zero-order valence-electron chi connectivity index (χ0n) is 54.5. The van der Waals surface area contributed by atoms with Crippen molar-refractivity contribution in [2.24, 2.45) is 51.0 Å². The second-order valence-corrected chi connectivity index (χ2v) is 25.1. The quantitative estimate of drug-likeness (QED) is 0.0173. The molecule has 2 aliphatic heterocycles. The molecule has 0 saturated carbocycles. The molecule has 0 radical (unpaired) electrons. The van der Waals surface area contributed by atoms with Crippen LogP contribution in [0.3, 0.4) is 0 Å². The molecular weight excluding hydrogens is 1250 g/mol. The number of likely N-dealkylation sites (tertiary alicyclic amines) is 2. The molecule has 95 heavy (non-hydrogen) atoms. The molecule has 31 nitrogen and oxygen atoms in total. The van der Waals surface area contributed by atoms with Crippen molar-refractivity contribution in [3.8, 4) is 0 Å². The molecule has 0 spiro atoms. The van der Waals surface area contributed by atoms with E-state index in [9.17, 15) is 62.3 Å². The SMILES string of the molecule is CSCC[C@H](NC(=O)[C@H](CC(C)C)NC(=O)CNC(=O)[C@H](Cc1ccccc1)NC(=O)[C@H](Cc1ccccc1)NC(=O)[C@H](CCC(N)=O)NC(=O)[C@H](CCC(N)=O)NC(=O)[C@H]1CCCN1C(=O)[C@H](CCCCN)NC(=O)[C@H]1CCCN1C(=O)[C@@H](N)CCCN=C(N)N)C(N)=O. The van der Waals surface area contributed by atoms with E-state index in [0.717, 1.165) is 0 Å². The van der Waals surface area contributed by atoms with Crippen molar-refractivity contribution in [1.82, 2.24) is 52.3 Å². The number of nitrogens with one attached hydrogen (secondary N) is 8. The molecule has 32 heteroatoms. The number of benzene rings is 2. The Labute approximate surface area is 558 Å². The maximum atomic E-state index is 14.7. The van der Waals surface area contributed by atoms with Crippen LogP contribution in [0.25, 0.3) is 0 Å². The summed E-state index contributed by atoms with van der Waals surface area (Å²) in [5.74, 6) is -9.80. The number of nitrogens with two attached hydrogens (primary N) is 7. The summed E-state index contributed by atoms with van der Waals surface area (Å²) in [6.45, 7) is 3.86. The van der Waals surface area contributed by atoms with E-state index in [0.29, 0.717) is 55.4 Å². The molecule has 13 amide bonds. The maximum Gasteiger partial charge on any atom is 0.245 e. The van der Waals surface area contributed by atoms with Crippen LogP contribution >= 0.6 is 11.8 Å². The van der Waals surface area contributed by atoms with Gasteiger partial charge in [-0.05, 0) is 119 Å². The largest absolute Gasteiger partial charge is 0.370 e. The molecule has 10 atom stereocenters. The summed E-state index contributed by atoms with van der Waals surface area (Å²) in [5, 5.41) is 21.1. The first-order valence-corrected chi connectivity index (χ1v) is 33.6. The molecular formula is C63H98N18O13S. The van der Waals surface area contributed by atoms with E-state index in [-0.39, 0.29) is 83.0 Å². The second kappa shape index (κ2) is 41.0. The molecule has 2 saturated heterocycles. The van der Waals surface area contributed by atoms with Gasteiger partial charge in [-0.2, -0.15) is 11.8 Å². The number of guanidine groups is 1. The van der Waals surface area contributed by atoms with E-state index in [1.165, 1.54) is 21.6 Å². The summed E-state index contributed by atoms with van der Waals surface area (Å²) >= 11 is 1.45. The van der Waals surface area contributed by atoms with Gasteiger partial charge in [0.2, 0.25) is 76.8 Å². The Morgan fingerprint density at radius 3 is 1.51 bits per heavy atom. The van der Waals surface area contributed by atoms with Crippen molar-refractivity contribution in [2.75, 3.05) is 44.7 Å². The molecule has 524 valence electrons. The number of aliphatic imine (C=N–C) groups is 1. The van der Waals surface area contributed by atoms with Crippen LogP contribution < -0.4 is 82.7 Å². The molecule has 2 aromatic carbocycles. The number of thioether (sulfide) groups is 1. The lowest BCUT2D eigenvalue weighted by molar-refractivity contribution is -0.144. The van der Waals surface area contributed by atoms with Crippen molar-refractivity contribution in [2.45, 2.75) is 183 Å². The minimum Gasteiger partial charge on any atom is -0.370 e. The Morgan fingerprint density at radius 1 is 0.537 bits per heavy atom. The zero-order valence-corrected chi connectivity index (χ0v) is 55.3. The van der Waals surface area contributed by atoms with E-state index >= 15 is 0 Å². The lowest BCUT2D eigenvalue weighted by Gasteiger charge is -2.32. The molecule has 2 heterocycles. The second-order valence-electron chi connectivity index (χ2n) is 24.1.